The second-order valence-corrected chi connectivity index (χ2v) is 17.4. The SMILES string of the molecule is C=C(C)C1CCC2(C(=O)O)CCC3(C)C(CCC4C5(C)CCC(OC(=O)CC(C(=O)O)(C(F)(F)F)C(F)(F)F)C(C)(C)C5CCC43C)C12. The molecule has 0 aliphatic heterocycles. The number of carboxylic acids is 2. The van der Waals surface area contributed by atoms with Crippen molar-refractivity contribution in [2.45, 2.75) is 131 Å². The molecule has 10 unspecified atom stereocenters. The van der Waals surface area contributed by atoms with Crippen LogP contribution < -0.4 is 0 Å². The highest BCUT2D eigenvalue weighted by Gasteiger charge is 2.77. The van der Waals surface area contributed by atoms with E-state index in [1.165, 1.54) is 0 Å². The maximum atomic E-state index is 13.7. The van der Waals surface area contributed by atoms with E-state index in [0.29, 0.717) is 25.7 Å². The fourth-order valence-electron chi connectivity index (χ4n) is 12.8. The molecule has 12 heteroatoms. The van der Waals surface area contributed by atoms with Crippen molar-refractivity contribution in [3.05, 3.63) is 12.2 Å². The molecule has 5 aliphatic carbocycles. The summed E-state index contributed by atoms with van der Waals surface area (Å²) in [6.07, 6.45) is -9.02. The van der Waals surface area contributed by atoms with Gasteiger partial charge >= 0.3 is 30.3 Å². The van der Waals surface area contributed by atoms with Crippen LogP contribution in [0.15, 0.2) is 12.2 Å². The first-order valence-electron chi connectivity index (χ1n) is 17.2. The van der Waals surface area contributed by atoms with Crippen LogP contribution in [-0.2, 0) is 19.1 Å². The number of esters is 1. The van der Waals surface area contributed by atoms with Gasteiger partial charge in [-0.2, -0.15) is 26.3 Å². The van der Waals surface area contributed by atoms with Crippen LogP contribution in [-0.4, -0.2) is 46.6 Å². The molecule has 0 aromatic carbocycles. The molecule has 0 heterocycles. The Balaban J connectivity index is 1.42. The fraction of sp³-hybridized carbons (Fsp3) is 0.861. The van der Waals surface area contributed by atoms with Gasteiger partial charge in [0.15, 0.2) is 0 Å². The molecule has 0 aromatic rings. The summed E-state index contributed by atoms with van der Waals surface area (Å²) in [4.78, 5) is 37.2. The van der Waals surface area contributed by atoms with Crippen LogP contribution in [0.5, 0.6) is 0 Å². The molecule has 2 N–H and O–H groups in total. The Hall–Kier alpha value is -2.27. The van der Waals surface area contributed by atoms with Crippen LogP contribution in [0.3, 0.4) is 0 Å². The Labute approximate surface area is 278 Å². The van der Waals surface area contributed by atoms with Gasteiger partial charge in [-0.25, -0.2) is 0 Å². The highest BCUT2D eigenvalue weighted by molar-refractivity contribution is 5.84. The Morgan fingerprint density at radius 3 is 1.90 bits per heavy atom. The summed E-state index contributed by atoms with van der Waals surface area (Å²) in [6, 6.07) is 0. The van der Waals surface area contributed by atoms with Gasteiger partial charge in [0.05, 0.1) is 11.8 Å². The third-order valence-corrected chi connectivity index (χ3v) is 15.4. The number of aliphatic carboxylic acids is 2. The summed E-state index contributed by atoms with van der Waals surface area (Å²) in [6.45, 7) is 16.9. The molecule has 5 rings (SSSR count). The number of carboxylic acid groups (broad SMARTS) is 2. The van der Waals surface area contributed by atoms with Gasteiger partial charge in [-0.05, 0) is 117 Å². The average Bonchev–Trinajstić information content (AvgIpc) is 3.34. The minimum absolute atomic E-state index is 0.00691. The van der Waals surface area contributed by atoms with Gasteiger partial charge in [0.2, 0.25) is 0 Å². The summed E-state index contributed by atoms with van der Waals surface area (Å²) >= 11 is 0. The minimum Gasteiger partial charge on any atom is -0.481 e. The first kappa shape index (κ1) is 37.0. The van der Waals surface area contributed by atoms with E-state index in [1.54, 1.807) is 0 Å². The molecule has 10 atom stereocenters. The van der Waals surface area contributed by atoms with Crippen molar-refractivity contribution < 1.29 is 55.7 Å². The van der Waals surface area contributed by atoms with Crippen LogP contribution in [0.1, 0.15) is 112 Å². The molecule has 5 aliphatic rings. The lowest BCUT2D eigenvalue weighted by Gasteiger charge is -2.72. The van der Waals surface area contributed by atoms with Gasteiger partial charge in [-0.15, -0.1) is 0 Å². The number of rotatable bonds is 6. The number of hydrogen-bond donors (Lipinski definition) is 2. The minimum atomic E-state index is -6.27. The number of ether oxygens (including phenoxy) is 1. The number of halogens is 6. The molecule has 272 valence electrons. The van der Waals surface area contributed by atoms with Gasteiger partial charge in [-0.1, -0.05) is 46.8 Å². The van der Waals surface area contributed by atoms with Crippen molar-refractivity contribution in [1.82, 2.24) is 0 Å². The van der Waals surface area contributed by atoms with E-state index < -0.39 is 59.0 Å². The number of alkyl halides is 6. The van der Waals surface area contributed by atoms with E-state index in [1.807, 2.05) is 20.8 Å². The molecule has 0 aromatic heterocycles. The van der Waals surface area contributed by atoms with Gasteiger partial charge in [0.1, 0.15) is 6.10 Å². The van der Waals surface area contributed by atoms with Crippen molar-refractivity contribution >= 4 is 17.9 Å². The fourth-order valence-corrected chi connectivity index (χ4v) is 12.8. The summed E-state index contributed by atoms with van der Waals surface area (Å²) < 4.78 is 87.5. The average molecular weight is 693 g/mol. The third kappa shape index (κ3) is 4.74. The van der Waals surface area contributed by atoms with Crippen LogP contribution in [0, 0.1) is 62.1 Å². The van der Waals surface area contributed by atoms with Crippen molar-refractivity contribution in [3.63, 3.8) is 0 Å². The zero-order valence-corrected chi connectivity index (χ0v) is 28.7. The predicted molar refractivity (Wildman–Crippen MR) is 163 cm³/mol. The highest BCUT2D eigenvalue weighted by Crippen LogP contribution is 2.77. The molecule has 0 bridgehead atoms. The first-order valence-corrected chi connectivity index (χ1v) is 17.2. The van der Waals surface area contributed by atoms with Crippen LogP contribution in [0.25, 0.3) is 0 Å². The van der Waals surface area contributed by atoms with Gasteiger partial charge in [0, 0.05) is 5.41 Å². The third-order valence-electron chi connectivity index (χ3n) is 15.4. The monoisotopic (exact) mass is 692 g/mol. The quantitative estimate of drug-likeness (QED) is 0.164. The summed E-state index contributed by atoms with van der Waals surface area (Å²) in [7, 11) is 0. The molecular formula is C36H50F6O6. The van der Waals surface area contributed by atoms with Gasteiger partial charge in [-0.3, -0.25) is 14.4 Å². The maximum Gasteiger partial charge on any atom is 0.414 e. The Kier molecular flexibility index (Phi) is 8.57. The lowest BCUT2D eigenvalue weighted by atomic mass is 9.32. The predicted octanol–water partition coefficient (Wildman–Crippen LogP) is 9.23. The van der Waals surface area contributed by atoms with E-state index >= 15 is 0 Å². The normalized spacial score (nSPS) is 42.4. The number of hydrogen-bond acceptors (Lipinski definition) is 4. The Morgan fingerprint density at radius 2 is 1.38 bits per heavy atom. The topological polar surface area (TPSA) is 101 Å². The summed E-state index contributed by atoms with van der Waals surface area (Å²) in [5.41, 5.74) is -6.37. The lowest BCUT2D eigenvalue weighted by Crippen LogP contribution is -2.67. The first-order chi connectivity index (χ1) is 21.8. The maximum absolute atomic E-state index is 13.7. The van der Waals surface area contributed by atoms with E-state index in [9.17, 15) is 45.8 Å². The molecule has 0 radical (unpaired) electrons. The second kappa shape index (κ2) is 11.1. The largest absolute Gasteiger partial charge is 0.481 e. The standard InChI is InChI=1S/C36H50F6O6/c1-19(2)20-10-15-33(27(44)45)17-16-31(6)21(26(20)33)8-9-23-30(5)13-12-24(29(3,4)22(30)11-14-32(23,31)7)48-25(43)18-34(28(46)47,35(37,38)39)36(40,41)42/h20-24,26H,1,8-18H2,2-7H3,(H,44,45)(H,46,47). The Bertz CT molecular complexity index is 1360. The van der Waals surface area contributed by atoms with E-state index in [0.717, 1.165) is 37.7 Å². The summed E-state index contributed by atoms with van der Waals surface area (Å²) in [5.74, 6) is -5.23. The van der Waals surface area contributed by atoms with E-state index in [2.05, 4.69) is 27.4 Å². The molecule has 0 spiro atoms. The lowest BCUT2D eigenvalue weighted by molar-refractivity contribution is -0.332. The van der Waals surface area contributed by atoms with Crippen molar-refractivity contribution in [1.29, 1.82) is 0 Å². The smallest absolute Gasteiger partial charge is 0.414 e. The molecule has 6 nitrogen and oxygen atoms in total. The molecule has 0 saturated heterocycles. The highest BCUT2D eigenvalue weighted by atomic mass is 19.4. The number of carbonyl (C=O) groups is 3. The number of carbonyl (C=O) groups excluding carboxylic acids is 1. The van der Waals surface area contributed by atoms with E-state index in [-0.39, 0.29) is 52.3 Å². The zero-order valence-electron chi connectivity index (χ0n) is 28.7. The summed E-state index contributed by atoms with van der Waals surface area (Å²) in [5, 5.41) is 19.7. The van der Waals surface area contributed by atoms with Gasteiger partial charge in [0.25, 0.3) is 5.41 Å². The number of fused-ring (bicyclic) bond motifs is 7. The van der Waals surface area contributed by atoms with Crippen molar-refractivity contribution in [3.8, 4) is 0 Å². The molecular weight excluding hydrogens is 642 g/mol. The van der Waals surface area contributed by atoms with Crippen molar-refractivity contribution in [2.24, 2.45) is 62.1 Å². The van der Waals surface area contributed by atoms with Gasteiger partial charge < -0.3 is 14.9 Å². The molecule has 0 amide bonds. The van der Waals surface area contributed by atoms with Crippen LogP contribution in [0.2, 0.25) is 0 Å². The second-order valence-electron chi connectivity index (χ2n) is 17.4. The van der Waals surface area contributed by atoms with Crippen LogP contribution in [0.4, 0.5) is 26.3 Å². The Morgan fingerprint density at radius 1 is 0.771 bits per heavy atom. The van der Waals surface area contributed by atoms with Crippen molar-refractivity contribution in [2.75, 3.05) is 0 Å². The van der Waals surface area contributed by atoms with E-state index in [4.69, 9.17) is 9.84 Å². The molecule has 5 fully saturated rings. The number of allylic oxidation sites excluding steroid dienone is 1. The zero-order chi connectivity index (χ0) is 36.3. The molecule has 48 heavy (non-hydrogen) atoms. The molecule has 5 saturated carbocycles. The van der Waals surface area contributed by atoms with Crippen LogP contribution >= 0.6 is 0 Å².